The molecule has 2 saturated heterocycles. The summed E-state index contributed by atoms with van der Waals surface area (Å²) in [5.74, 6) is -0.590. The molecule has 194 valence electrons. The van der Waals surface area contributed by atoms with Crippen molar-refractivity contribution in [3.63, 3.8) is 0 Å². The van der Waals surface area contributed by atoms with E-state index in [1.807, 2.05) is 37.3 Å². The van der Waals surface area contributed by atoms with Crippen LogP contribution < -0.4 is 5.73 Å². The van der Waals surface area contributed by atoms with Crippen molar-refractivity contribution in [2.75, 3.05) is 18.9 Å². The quantitative estimate of drug-likeness (QED) is 0.474. The first-order valence-corrected chi connectivity index (χ1v) is 12.1. The molecule has 0 unspecified atom stereocenters. The van der Waals surface area contributed by atoms with Gasteiger partial charge in [0.1, 0.15) is 42.8 Å². The molecule has 3 aromatic rings. The van der Waals surface area contributed by atoms with Crippen molar-refractivity contribution >= 4 is 17.5 Å². The van der Waals surface area contributed by atoms with Gasteiger partial charge in [-0.05, 0) is 43.9 Å². The number of hydrogen-bond acceptors (Lipinski definition) is 10. The number of nitriles is 1. The summed E-state index contributed by atoms with van der Waals surface area (Å²) in [7, 11) is 0. The van der Waals surface area contributed by atoms with Crippen LogP contribution in [0.3, 0.4) is 0 Å². The van der Waals surface area contributed by atoms with Crippen LogP contribution in [0.4, 0.5) is 10.6 Å². The zero-order valence-corrected chi connectivity index (χ0v) is 20.9. The van der Waals surface area contributed by atoms with E-state index in [0.29, 0.717) is 17.0 Å². The summed E-state index contributed by atoms with van der Waals surface area (Å²) in [6.45, 7) is 5.27. The third kappa shape index (κ3) is 4.83. The van der Waals surface area contributed by atoms with Crippen LogP contribution in [-0.4, -0.2) is 57.6 Å². The maximum atomic E-state index is 12.4. The second kappa shape index (κ2) is 9.63. The van der Waals surface area contributed by atoms with Crippen LogP contribution in [0.1, 0.15) is 38.1 Å². The van der Waals surface area contributed by atoms with Crippen LogP contribution in [0.25, 0.3) is 5.52 Å². The topological polar surface area (TPSA) is 143 Å². The summed E-state index contributed by atoms with van der Waals surface area (Å²) in [5.41, 5.74) is 6.70. The van der Waals surface area contributed by atoms with Crippen LogP contribution >= 0.6 is 0 Å². The highest BCUT2D eigenvalue weighted by Crippen LogP contribution is 2.50. The molecule has 11 heteroatoms. The number of aromatic nitrogens is 3. The molecule has 0 radical (unpaired) electrons. The Balaban J connectivity index is 1.29. The largest absolute Gasteiger partial charge is 0.508 e. The molecular formula is C26H29N5O6. The molecule has 0 bridgehead atoms. The molecule has 5 rings (SSSR count). The Hall–Kier alpha value is -3.72. The van der Waals surface area contributed by atoms with Gasteiger partial charge in [-0.15, -0.1) is 0 Å². The van der Waals surface area contributed by atoms with E-state index in [-0.39, 0.29) is 12.5 Å². The number of carbonyl (C=O) groups is 1. The Morgan fingerprint density at radius 2 is 1.97 bits per heavy atom. The molecule has 2 aromatic heterocycles. The number of nitrogen functional groups attached to an aromatic ring is 1. The average Bonchev–Trinajstić information content (AvgIpc) is 3.53. The van der Waals surface area contributed by atoms with Crippen LogP contribution in [0.15, 0.2) is 48.8 Å². The number of nitrogens with zero attached hydrogens (tertiary/aromatic N) is 4. The molecule has 0 amide bonds. The van der Waals surface area contributed by atoms with Crippen LogP contribution in [0.2, 0.25) is 0 Å². The normalized spacial score (nSPS) is 26.9. The number of ether oxygens (including phenoxy) is 5. The van der Waals surface area contributed by atoms with Crippen molar-refractivity contribution in [2.45, 2.75) is 56.9 Å². The van der Waals surface area contributed by atoms with E-state index >= 15 is 0 Å². The number of rotatable bonds is 7. The monoisotopic (exact) mass is 507 g/mol. The molecule has 4 heterocycles. The lowest BCUT2D eigenvalue weighted by Crippen LogP contribution is -2.46. The Morgan fingerprint density at radius 1 is 1.19 bits per heavy atom. The highest BCUT2D eigenvalue weighted by atomic mass is 16.8. The van der Waals surface area contributed by atoms with Gasteiger partial charge < -0.3 is 29.4 Å². The number of carbonyl (C=O) groups excluding carboxylic acids is 1. The van der Waals surface area contributed by atoms with Gasteiger partial charge in [-0.2, -0.15) is 10.4 Å². The van der Waals surface area contributed by atoms with Crippen molar-refractivity contribution in [1.82, 2.24) is 14.6 Å². The number of hydrogen-bond donors (Lipinski definition) is 1. The summed E-state index contributed by atoms with van der Waals surface area (Å²) >= 11 is 0. The Morgan fingerprint density at radius 3 is 2.73 bits per heavy atom. The predicted octanol–water partition coefficient (Wildman–Crippen LogP) is 3.20. The summed E-state index contributed by atoms with van der Waals surface area (Å²) in [4.78, 5) is 16.4. The second-order valence-corrected chi connectivity index (χ2v) is 9.91. The Kier molecular flexibility index (Phi) is 6.49. The minimum atomic E-state index is -1.62. The molecule has 2 aliphatic rings. The summed E-state index contributed by atoms with van der Waals surface area (Å²) in [5, 5.41) is 14.5. The molecule has 5 atom stereocenters. The van der Waals surface area contributed by atoms with Gasteiger partial charge in [0.15, 0.2) is 11.6 Å². The number of fused-ring (bicyclic) bond motifs is 2. The minimum absolute atomic E-state index is 0.0841. The van der Waals surface area contributed by atoms with E-state index in [2.05, 4.69) is 16.2 Å². The summed E-state index contributed by atoms with van der Waals surface area (Å²) in [6.07, 6.45) is -1.02. The van der Waals surface area contributed by atoms with E-state index in [0.717, 1.165) is 12.0 Å². The smallest absolute Gasteiger partial charge is 0.434 e. The third-order valence-electron chi connectivity index (χ3n) is 6.53. The number of benzene rings is 1. The second-order valence-electron chi connectivity index (χ2n) is 9.91. The number of anilines is 1. The highest BCUT2D eigenvalue weighted by Gasteiger charge is 2.65. The van der Waals surface area contributed by atoms with Gasteiger partial charge in [-0.3, -0.25) is 0 Å². The summed E-state index contributed by atoms with van der Waals surface area (Å²) < 4.78 is 30.7. The lowest BCUT2D eigenvalue weighted by molar-refractivity contribution is -0.205. The Bertz CT molecular complexity index is 1320. The molecule has 2 fully saturated rings. The zero-order chi connectivity index (χ0) is 26.2. The van der Waals surface area contributed by atoms with Gasteiger partial charge >= 0.3 is 6.16 Å². The van der Waals surface area contributed by atoms with Gasteiger partial charge in [-0.1, -0.05) is 37.3 Å². The van der Waals surface area contributed by atoms with Crippen molar-refractivity contribution in [3.05, 3.63) is 60.0 Å². The lowest BCUT2D eigenvalue weighted by atomic mass is 9.96. The van der Waals surface area contributed by atoms with Crippen LogP contribution in [0, 0.1) is 17.2 Å². The highest BCUT2D eigenvalue weighted by molar-refractivity contribution is 5.65. The van der Waals surface area contributed by atoms with Gasteiger partial charge in [0.2, 0.25) is 5.60 Å². The molecule has 1 aromatic carbocycles. The fourth-order valence-corrected chi connectivity index (χ4v) is 4.88. The third-order valence-corrected chi connectivity index (χ3v) is 6.53. The van der Waals surface area contributed by atoms with E-state index < -0.39 is 42.5 Å². The van der Waals surface area contributed by atoms with Crippen molar-refractivity contribution in [3.8, 4) is 6.07 Å². The molecule has 0 saturated carbocycles. The molecule has 0 aliphatic carbocycles. The summed E-state index contributed by atoms with van der Waals surface area (Å²) in [6, 6.07) is 15.7. The standard InChI is InChI=1S/C26H29N5O6/c1-16(11-17-7-5-4-6-8-17)12-33-24(32)34-14-26(13-27)22-21(35-25(2,3)37-22)20(36-26)18-9-10-19-23(28)29-15-30-31(18)19/h4-10,15-16,20-22H,11-12,14H2,1-3H3,(H2,28,29,30)/t16-,20-,21-,22-,26+/m0/s1. The molecule has 2 N–H and O–H groups in total. The predicted molar refractivity (Wildman–Crippen MR) is 130 cm³/mol. The SMILES string of the molecule is C[C@H](COC(=O)OC[C@@]1(C#N)O[C@@H](c2ccc3c(N)ncnn23)[C@@H]2OC(C)(C)O[C@@H]21)Cc1ccccc1. The van der Waals surface area contributed by atoms with Gasteiger partial charge in [0.25, 0.3) is 0 Å². The fourth-order valence-electron chi connectivity index (χ4n) is 4.88. The maximum absolute atomic E-state index is 12.4. The van der Waals surface area contributed by atoms with Crippen molar-refractivity contribution < 1.29 is 28.5 Å². The van der Waals surface area contributed by atoms with Crippen molar-refractivity contribution in [1.29, 1.82) is 5.26 Å². The molecular weight excluding hydrogens is 478 g/mol. The van der Waals surface area contributed by atoms with E-state index in [9.17, 15) is 10.1 Å². The average molecular weight is 508 g/mol. The first-order chi connectivity index (χ1) is 17.7. The number of nitrogens with two attached hydrogens (primary N) is 1. The maximum Gasteiger partial charge on any atom is 0.508 e. The van der Waals surface area contributed by atoms with E-state index in [1.165, 1.54) is 6.33 Å². The van der Waals surface area contributed by atoms with Gasteiger partial charge in [-0.25, -0.2) is 14.3 Å². The molecule has 0 spiro atoms. The lowest BCUT2D eigenvalue weighted by Gasteiger charge is -2.28. The molecule has 2 aliphatic heterocycles. The zero-order valence-electron chi connectivity index (χ0n) is 20.9. The van der Waals surface area contributed by atoms with Crippen LogP contribution in [0.5, 0.6) is 0 Å². The van der Waals surface area contributed by atoms with E-state index in [1.54, 1.807) is 30.5 Å². The molecule has 37 heavy (non-hydrogen) atoms. The van der Waals surface area contributed by atoms with Gasteiger partial charge in [0, 0.05) is 0 Å². The first kappa shape index (κ1) is 25.0. The Labute approximate surface area is 214 Å². The first-order valence-electron chi connectivity index (χ1n) is 12.1. The molecule has 11 nitrogen and oxygen atoms in total. The van der Waals surface area contributed by atoms with E-state index in [4.69, 9.17) is 29.4 Å². The fraction of sp³-hybridized carbons (Fsp3) is 0.462. The van der Waals surface area contributed by atoms with Crippen LogP contribution in [-0.2, 0) is 30.1 Å². The minimum Gasteiger partial charge on any atom is -0.434 e. The van der Waals surface area contributed by atoms with Gasteiger partial charge in [0.05, 0.1) is 12.3 Å². The van der Waals surface area contributed by atoms with Crippen molar-refractivity contribution in [2.24, 2.45) is 5.92 Å².